The first-order valence-corrected chi connectivity index (χ1v) is 12.2. The molecule has 1 N–H and O–H groups in total. The summed E-state index contributed by atoms with van der Waals surface area (Å²) in [6, 6.07) is 15.8. The van der Waals surface area contributed by atoms with E-state index in [1.165, 1.54) is 11.3 Å². The van der Waals surface area contributed by atoms with Crippen molar-refractivity contribution in [3.63, 3.8) is 0 Å². The lowest BCUT2D eigenvalue weighted by Crippen LogP contribution is -2.36. The minimum Gasteiger partial charge on any atom is -0.496 e. The number of anilines is 1. The lowest BCUT2D eigenvalue weighted by atomic mass is 10.0. The highest BCUT2D eigenvalue weighted by Crippen LogP contribution is 2.41. The Morgan fingerprint density at radius 3 is 2.45 bits per heavy atom. The Labute approximate surface area is 199 Å². The number of thiophene rings is 1. The first kappa shape index (κ1) is 23.1. The molecule has 0 saturated carbocycles. The van der Waals surface area contributed by atoms with E-state index in [9.17, 15) is 9.59 Å². The van der Waals surface area contributed by atoms with Crippen molar-refractivity contribution in [1.29, 1.82) is 0 Å². The van der Waals surface area contributed by atoms with E-state index in [1.807, 2.05) is 67.3 Å². The van der Waals surface area contributed by atoms with Gasteiger partial charge in [-0.1, -0.05) is 48.0 Å². The molecule has 0 atom stereocenters. The third-order valence-corrected chi connectivity index (χ3v) is 7.34. The molecule has 0 aliphatic carbocycles. The van der Waals surface area contributed by atoms with Gasteiger partial charge in [0.25, 0.3) is 5.91 Å². The number of carbonyl (C=O) groups excluding carboxylic acids is 2. The van der Waals surface area contributed by atoms with Gasteiger partial charge in [0.2, 0.25) is 5.91 Å². The van der Waals surface area contributed by atoms with E-state index < -0.39 is 0 Å². The number of ether oxygens (including phenoxy) is 1. The summed E-state index contributed by atoms with van der Waals surface area (Å²) in [4.78, 5) is 29.6. The molecule has 0 spiro atoms. The Bertz CT molecular complexity index is 1150. The summed E-state index contributed by atoms with van der Waals surface area (Å²) in [6.07, 6.45) is 3.38. The molecule has 5 nitrogen and oxygen atoms in total. The number of rotatable bonds is 6. The molecule has 172 valence electrons. The van der Waals surface area contributed by atoms with Crippen molar-refractivity contribution in [2.45, 2.75) is 39.5 Å². The van der Waals surface area contributed by atoms with Crippen LogP contribution >= 0.6 is 11.3 Å². The number of methoxy groups -OCH3 is 1. The average molecular weight is 463 g/mol. The van der Waals surface area contributed by atoms with Crippen molar-refractivity contribution in [3.8, 4) is 16.2 Å². The Hall–Kier alpha value is -3.12. The molecule has 1 aliphatic heterocycles. The lowest BCUT2D eigenvalue weighted by Gasteiger charge is -2.27. The van der Waals surface area contributed by atoms with Gasteiger partial charge in [0.05, 0.1) is 19.1 Å². The van der Waals surface area contributed by atoms with Gasteiger partial charge in [0.15, 0.2) is 0 Å². The average Bonchev–Trinajstić information content (AvgIpc) is 3.15. The van der Waals surface area contributed by atoms with Gasteiger partial charge < -0.3 is 15.0 Å². The van der Waals surface area contributed by atoms with Gasteiger partial charge in [-0.25, -0.2) is 0 Å². The summed E-state index contributed by atoms with van der Waals surface area (Å²) in [6.45, 7) is 5.51. The highest BCUT2D eigenvalue weighted by Gasteiger charge is 2.28. The lowest BCUT2D eigenvalue weighted by molar-refractivity contribution is -0.115. The van der Waals surface area contributed by atoms with Crippen molar-refractivity contribution in [1.82, 2.24) is 4.90 Å². The van der Waals surface area contributed by atoms with Crippen molar-refractivity contribution in [2.24, 2.45) is 0 Å². The normalized spacial score (nSPS) is 13.6. The maximum atomic E-state index is 13.5. The van der Waals surface area contributed by atoms with E-state index >= 15 is 0 Å². The first-order chi connectivity index (χ1) is 16.0. The number of hydrogen-bond donors (Lipinski definition) is 1. The summed E-state index contributed by atoms with van der Waals surface area (Å²) < 4.78 is 5.44. The minimum atomic E-state index is -0.160. The molecule has 33 heavy (non-hydrogen) atoms. The summed E-state index contributed by atoms with van der Waals surface area (Å²) in [5, 5.41) is 3.68. The molecule has 2 aromatic carbocycles. The van der Waals surface area contributed by atoms with Crippen molar-refractivity contribution >= 4 is 28.2 Å². The van der Waals surface area contributed by atoms with E-state index in [1.54, 1.807) is 7.11 Å². The number of carbonyl (C=O) groups is 2. The molecule has 1 aliphatic rings. The smallest absolute Gasteiger partial charge is 0.257 e. The summed E-state index contributed by atoms with van der Waals surface area (Å²) >= 11 is 1.47. The number of aryl methyl sites for hydroxylation is 1. The van der Waals surface area contributed by atoms with Crippen LogP contribution in [0.1, 0.15) is 46.3 Å². The zero-order valence-electron chi connectivity index (χ0n) is 19.4. The monoisotopic (exact) mass is 462 g/mol. The van der Waals surface area contributed by atoms with Gasteiger partial charge in [0.1, 0.15) is 10.8 Å². The van der Waals surface area contributed by atoms with Gasteiger partial charge in [-0.3, -0.25) is 9.59 Å². The third kappa shape index (κ3) is 5.11. The van der Waals surface area contributed by atoms with E-state index in [0.717, 1.165) is 59.5 Å². The van der Waals surface area contributed by atoms with Crippen molar-refractivity contribution < 1.29 is 14.3 Å². The van der Waals surface area contributed by atoms with Crippen LogP contribution in [0.5, 0.6) is 5.75 Å². The van der Waals surface area contributed by atoms with Gasteiger partial charge >= 0.3 is 0 Å². The minimum absolute atomic E-state index is 0.00840. The van der Waals surface area contributed by atoms with E-state index in [2.05, 4.69) is 5.32 Å². The highest BCUT2D eigenvalue weighted by atomic mass is 32.1. The summed E-state index contributed by atoms with van der Waals surface area (Å²) in [7, 11) is 1.61. The molecule has 2 heterocycles. The molecule has 3 aromatic rings. The Kier molecular flexibility index (Phi) is 7.14. The second-order valence-electron chi connectivity index (χ2n) is 8.52. The highest BCUT2D eigenvalue weighted by molar-refractivity contribution is 7.20. The van der Waals surface area contributed by atoms with Crippen LogP contribution in [0, 0.1) is 13.8 Å². The zero-order valence-corrected chi connectivity index (χ0v) is 20.3. The van der Waals surface area contributed by atoms with Gasteiger partial charge in [-0.15, -0.1) is 11.3 Å². The molecule has 6 heteroatoms. The van der Waals surface area contributed by atoms with Crippen LogP contribution < -0.4 is 10.1 Å². The van der Waals surface area contributed by atoms with Crippen LogP contribution in [0.2, 0.25) is 0 Å². The number of piperidine rings is 1. The van der Waals surface area contributed by atoms with Gasteiger partial charge in [-0.2, -0.15) is 0 Å². The predicted molar refractivity (Wildman–Crippen MR) is 134 cm³/mol. The maximum Gasteiger partial charge on any atom is 0.257 e. The van der Waals surface area contributed by atoms with Crippen LogP contribution in [0.4, 0.5) is 5.00 Å². The Balaban J connectivity index is 1.67. The fraction of sp³-hybridized carbons (Fsp3) is 0.333. The second kappa shape index (κ2) is 10.2. The quantitative estimate of drug-likeness (QED) is 0.500. The van der Waals surface area contributed by atoms with E-state index in [0.29, 0.717) is 16.3 Å². The van der Waals surface area contributed by atoms with Crippen LogP contribution in [-0.4, -0.2) is 36.9 Å². The number of nitrogens with one attached hydrogen (secondary N) is 1. The SMILES string of the molecule is COc1ccc(C)cc1CC(=O)Nc1sc(-c2ccccc2)c(C)c1C(=O)N1CCCCC1. The third-order valence-electron chi connectivity index (χ3n) is 6.08. The van der Waals surface area contributed by atoms with Crippen LogP contribution in [-0.2, 0) is 11.2 Å². The van der Waals surface area contributed by atoms with Gasteiger partial charge in [0, 0.05) is 23.5 Å². The van der Waals surface area contributed by atoms with Crippen LogP contribution in [0.25, 0.3) is 10.4 Å². The zero-order chi connectivity index (χ0) is 23.4. The van der Waals surface area contributed by atoms with E-state index in [4.69, 9.17) is 4.74 Å². The van der Waals surface area contributed by atoms with E-state index in [-0.39, 0.29) is 18.2 Å². The summed E-state index contributed by atoms with van der Waals surface area (Å²) in [5.41, 5.74) is 4.48. The summed E-state index contributed by atoms with van der Waals surface area (Å²) in [5.74, 6) is 0.536. The number of amides is 2. The second-order valence-corrected chi connectivity index (χ2v) is 9.54. The number of benzene rings is 2. The maximum absolute atomic E-state index is 13.5. The van der Waals surface area contributed by atoms with Crippen molar-refractivity contribution in [3.05, 3.63) is 70.8 Å². The Morgan fingerprint density at radius 2 is 1.76 bits per heavy atom. The first-order valence-electron chi connectivity index (χ1n) is 11.4. The van der Waals surface area contributed by atoms with Crippen LogP contribution in [0.3, 0.4) is 0 Å². The van der Waals surface area contributed by atoms with Crippen molar-refractivity contribution in [2.75, 3.05) is 25.5 Å². The number of nitrogens with zero attached hydrogens (tertiary/aromatic N) is 1. The standard InChI is InChI=1S/C27H30N2O3S/c1-18-12-13-22(32-3)21(16-18)17-23(30)28-26-24(27(31)29-14-8-5-9-15-29)19(2)25(33-26)20-10-6-4-7-11-20/h4,6-7,10-13,16H,5,8-9,14-15,17H2,1-3H3,(H,28,30). The molecular formula is C27H30N2O3S. The number of likely N-dealkylation sites (tertiary alicyclic amines) is 1. The van der Waals surface area contributed by atoms with Crippen LogP contribution in [0.15, 0.2) is 48.5 Å². The predicted octanol–water partition coefficient (Wildman–Crippen LogP) is 5.85. The molecular weight excluding hydrogens is 432 g/mol. The molecule has 4 rings (SSSR count). The molecule has 0 unspecified atom stereocenters. The molecule has 2 amide bonds. The topological polar surface area (TPSA) is 58.6 Å². The molecule has 1 fully saturated rings. The largest absolute Gasteiger partial charge is 0.496 e. The fourth-order valence-corrected chi connectivity index (χ4v) is 5.59. The van der Waals surface area contributed by atoms with Gasteiger partial charge in [-0.05, 0) is 50.3 Å². The molecule has 1 aromatic heterocycles. The Morgan fingerprint density at radius 1 is 1.03 bits per heavy atom. The number of hydrogen-bond acceptors (Lipinski definition) is 4. The molecule has 1 saturated heterocycles. The fourth-order valence-electron chi connectivity index (χ4n) is 4.37. The molecule has 0 bridgehead atoms. The molecule has 0 radical (unpaired) electrons.